The molecular weight excluding hydrogens is 507 g/mol. The van der Waals surface area contributed by atoms with E-state index in [0.717, 1.165) is 0 Å². The molecule has 1 heterocycles. The van der Waals surface area contributed by atoms with E-state index in [1.807, 2.05) is 0 Å². The van der Waals surface area contributed by atoms with Gasteiger partial charge in [0.15, 0.2) is 5.82 Å². The number of aromatic nitrogens is 2. The second kappa shape index (κ2) is 10.3. The zero-order valence-corrected chi connectivity index (χ0v) is 20.8. The van der Waals surface area contributed by atoms with Crippen molar-refractivity contribution in [2.45, 2.75) is 56.8 Å². The van der Waals surface area contributed by atoms with Crippen LogP contribution in [-0.4, -0.2) is 34.0 Å². The molecule has 0 bridgehead atoms. The first-order chi connectivity index (χ1) is 17.8. The first kappa shape index (κ1) is 27.4. The summed E-state index contributed by atoms with van der Waals surface area (Å²) in [5.41, 5.74) is 5.04. The van der Waals surface area contributed by atoms with E-state index >= 15 is 0 Å². The number of nitrogens with one attached hydrogen (secondary N) is 1. The lowest BCUT2D eigenvalue weighted by molar-refractivity contribution is -0.157. The van der Waals surface area contributed by atoms with E-state index in [2.05, 4.69) is 10.3 Å². The minimum atomic E-state index is -4.54. The number of nitrogens with two attached hydrogens (primary N) is 1. The molecule has 1 amide bonds. The maximum atomic E-state index is 14.8. The molecule has 1 aliphatic carbocycles. The van der Waals surface area contributed by atoms with Gasteiger partial charge >= 0.3 is 6.18 Å². The molecule has 4 rings (SSSR count). The van der Waals surface area contributed by atoms with E-state index in [-0.39, 0.29) is 54.2 Å². The highest BCUT2D eigenvalue weighted by molar-refractivity contribution is 5.92. The first-order valence-corrected chi connectivity index (χ1v) is 12.0. The lowest BCUT2D eigenvalue weighted by Crippen LogP contribution is -2.39. The Bertz CT molecular complexity index is 1350. The summed E-state index contributed by atoms with van der Waals surface area (Å²) in [5.74, 6) is -4.31. The maximum Gasteiger partial charge on any atom is 0.407 e. The molecule has 11 heteroatoms. The van der Waals surface area contributed by atoms with Crippen LogP contribution in [-0.2, 0) is 16.8 Å². The third kappa shape index (κ3) is 5.47. The fourth-order valence-electron chi connectivity index (χ4n) is 4.93. The van der Waals surface area contributed by atoms with Crippen molar-refractivity contribution in [3.05, 3.63) is 88.5 Å². The molecule has 2 unspecified atom stereocenters. The summed E-state index contributed by atoms with van der Waals surface area (Å²) >= 11 is 0. The third-order valence-corrected chi connectivity index (χ3v) is 6.87. The molecule has 1 aromatic heterocycles. The highest BCUT2D eigenvalue weighted by Gasteiger charge is 2.41. The molecule has 0 saturated heterocycles. The average molecular weight is 535 g/mol. The van der Waals surface area contributed by atoms with Gasteiger partial charge in [0, 0.05) is 29.8 Å². The minimum absolute atomic E-state index is 0.00123. The summed E-state index contributed by atoms with van der Waals surface area (Å²) < 4.78 is 71.1. The average Bonchev–Trinajstić information content (AvgIpc) is 3.28. The summed E-state index contributed by atoms with van der Waals surface area (Å²) in [6, 6.07) is 7.40. The Balaban J connectivity index is 1.63. The summed E-state index contributed by atoms with van der Waals surface area (Å²) in [4.78, 5) is 29.4. The van der Waals surface area contributed by atoms with Crippen molar-refractivity contribution >= 4 is 11.7 Å². The number of rotatable bonds is 8. The number of carbonyl (C=O) groups is 2. The number of alkyl halides is 3. The molecule has 0 radical (unpaired) electrons. The Labute approximate surface area is 216 Å². The van der Waals surface area contributed by atoms with E-state index in [0.29, 0.717) is 11.6 Å². The van der Waals surface area contributed by atoms with Gasteiger partial charge in [0.05, 0.1) is 11.6 Å². The summed E-state index contributed by atoms with van der Waals surface area (Å²) in [5, 5.41) is 2.54. The highest BCUT2D eigenvalue weighted by atomic mass is 19.4. The van der Waals surface area contributed by atoms with Crippen LogP contribution in [0.15, 0.2) is 48.7 Å². The molecule has 0 spiro atoms. The second-order valence-electron chi connectivity index (χ2n) is 9.99. The van der Waals surface area contributed by atoms with Gasteiger partial charge < -0.3 is 15.6 Å². The zero-order chi connectivity index (χ0) is 27.8. The predicted molar refractivity (Wildman–Crippen MR) is 129 cm³/mol. The Hall–Kier alpha value is -3.60. The molecule has 2 atom stereocenters. The number of carbonyl (C=O) groups excluding carboxylic acids is 2. The van der Waals surface area contributed by atoms with E-state index in [1.165, 1.54) is 41.1 Å². The number of ketones is 1. The Morgan fingerprint density at radius 1 is 1.16 bits per heavy atom. The monoisotopic (exact) mass is 534 g/mol. The Kier molecular flexibility index (Phi) is 7.42. The smallest absolute Gasteiger partial charge is 0.363 e. The highest BCUT2D eigenvalue weighted by Crippen LogP contribution is 2.38. The van der Waals surface area contributed by atoms with Crippen LogP contribution < -0.4 is 11.1 Å². The van der Waals surface area contributed by atoms with Gasteiger partial charge in [-0.25, -0.2) is 13.8 Å². The van der Waals surface area contributed by atoms with Crippen LogP contribution in [0.5, 0.6) is 0 Å². The summed E-state index contributed by atoms with van der Waals surface area (Å²) in [6.07, 6.45) is -2.81. The number of amides is 1. The van der Waals surface area contributed by atoms with Crippen molar-refractivity contribution in [3.8, 4) is 0 Å². The summed E-state index contributed by atoms with van der Waals surface area (Å²) in [7, 11) is 0. The van der Waals surface area contributed by atoms with Gasteiger partial charge in [-0.15, -0.1) is 0 Å². The molecule has 6 nitrogen and oxygen atoms in total. The largest absolute Gasteiger partial charge is 0.407 e. The van der Waals surface area contributed by atoms with Crippen molar-refractivity contribution in [3.63, 3.8) is 0 Å². The van der Waals surface area contributed by atoms with E-state index in [9.17, 15) is 31.5 Å². The zero-order valence-electron chi connectivity index (χ0n) is 20.8. The molecular formula is C27H27F5N4O2. The molecule has 38 heavy (non-hydrogen) atoms. The van der Waals surface area contributed by atoms with E-state index in [4.69, 9.17) is 5.73 Å². The number of hydrogen-bond donors (Lipinski definition) is 2. The number of Topliss-reactive ketones (excluding diaryl/α,β-unsaturated/α-hetero) is 1. The van der Waals surface area contributed by atoms with Gasteiger partial charge in [-0.2, -0.15) is 13.2 Å². The quantitative estimate of drug-likeness (QED) is 0.402. The lowest BCUT2D eigenvalue weighted by atomic mass is 9.80. The predicted octanol–water partition coefficient (Wildman–Crippen LogP) is 4.93. The van der Waals surface area contributed by atoms with Crippen LogP contribution >= 0.6 is 0 Å². The number of primary amides is 1. The van der Waals surface area contributed by atoms with E-state index < -0.39 is 41.2 Å². The van der Waals surface area contributed by atoms with Gasteiger partial charge in [0.2, 0.25) is 0 Å². The Morgan fingerprint density at radius 3 is 2.47 bits per heavy atom. The van der Waals surface area contributed by atoms with Crippen LogP contribution in [0.25, 0.3) is 0 Å². The molecule has 0 aliphatic heterocycles. The minimum Gasteiger partial charge on any atom is -0.363 e. The van der Waals surface area contributed by atoms with Crippen molar-refractivity contribution < 1.29 is 31.5 Å². The van der Waals surface area contributed by atoms with Crippen molar-refractivity contribution in [1.82, 2.24) is 14.9 Å². The molecule has 202 valence electrons. The maximum absolute atomic E-state index is 14.8. The SMILES string of the molecule is CC(C)(CCNC(c1ccccc1)C(F)(F)F)n1cc(C2C(=O)CCc3cc(F)cc(F)c32)nc1C(N)=O. The number of aryl methyl sites for hydroxylation is 1. The third-order valence-electron chi connectivity index (χ3n) is 6.87. The van der Waals surface area contributed by atoms with Crippen molar-refractivity contribution in [2.24, 2.45) is 5.73 Å². The fraction of sp³-hybridized carbons (Fsp3) is 0.370. The molecule has 0 saturated carbocycles. The molecule has 2 aromatic carbocycles. The second-order valence-corrected chi connectivity index (χ2v) is 9.99. The lowest BCUT2D eigenvalue weighted by Gasteiger charge is -2.30. The Morgan fingerprint density at radius 2 is 1.84 bits per heavy atom. The standard InChI is InChI=1S/C27H27F5N4O2/c1-26(2,10-11-34-23(27(30,31)32)15-6-4-3-5-7-15)36-14-19(35-25(36)24(33)38)22-20(37)9-8-16-12-17(28)13-18(29)21(16)22/h3-7,12-14,22-23,34H,8-11H2,1-2H3,(H2,33,38). The summed E-state index contributed by atoms with van der Waals surface area (Å²) in [6.45, 7) is 3.28. The van der Waals surface area contributed by atoms with Crippen molar-refractivity contribution in [1.29, 1.82) is 0 Å². The molecule has 3 N–H and O–H groups in total. The number of halogens is 5. The normalized spacial score (nSPS) is 16.8. The van der Waals surface area contributed by atoms with Gasteiger partial charge in [0.25, 0.3) is 5.91 Å². The molecule has 0 fully saturated rings. The van der Waals surface area contributed by atoms with Gasteiger partial charge in [0.1, 0.15) is 23.5 Å². The van der Waals surface area contributed by atoms with Gasteiger partial charge in [-0.1, -0.05) is 30.3 Å². The molecule has 3 aromatic rings. The van der Waals surface area contributed by atoms with Crippen LogP contribution in [0.1, 0.15) is 71.7 Å². The van der Waals surface area contributed by atoms with E-state index in [1.54, 1.807) is 19.9 Å². The van der Waals surface area contributed by atoms with Gasteiger partial charge in [-0.05, 0) is 50.4 Å². The topological polar surface area (TPSA) is 90.0 Å². The first-order valence-electron chi connectivity index (χ1n) is 12.0. The van der Waals surface area contributed by atoms with Gasteiger partial charge in [-0.3, -0.25) is 9.59 Å². The van der Waals surface area contributed by atoms with Crippen LogP contribution in [0, 0.1) is 11.6 Å². The fourth-order valence-corrected chi connectivity index (χ4v) is 4.93. The van der Waals surface area contributed by atoms with Crippen LogP contribution in [0.4, 0.5) is 22.0 Å². The number of nitrogens with zero attached hydrogens (tertiary/aromatic N) is 2. The number of benzene rings is 2. The van der Waals surface area contributed by atoms with Crippen LogP contribution in [0.3, 0.4) is 0 Å². The number of imidazole rings is 1. The van der Waals surface area contributed by atoms with Crippen LogP contribution in [0.2, 0.25) is 0 Å². The molecule has 1 aliphatic rings. The van der Waals surface area contributed by atoms with Crippen molar-refractivity contribution in [2.75, 3.05) is 6.54 Å². The number of hydrogen-bond acceptors (Lipinski definition) is 4. The number of fused-ring (bicyclic) bond motifs is 1.